The highest BCUT2D eigenvalue weighted by Gasteiger charge is 2.54. The number of morpholine rings is 1. The van der Waals surface area contributed by atoms with Gasteiger partial charge in [0.05, 0.1) is 19.7 Å². The van der Waals surface area contributed by atoms with Gasteiger partial charge < -0.3 is 15.0 Å². The van der Waals surface area contributed by atoms with Gasteiger partial charge in [-0.1, -0.05) is 6.92 Å². The molecule has 0 unspecified atom stereocenters. The van der Waals surface area contributed by atoms with Gasteiger partial charge in [0.1, 0.15) is 11.6 Å². The summed E-state index contributed by atoms with van der Waals surface area (Å²) in [7, 11) is 1.68. The lowest BCUT2D eigenvalue weighted by Gasteiger charge is -2.55. The molecule has 2 saturated carbocycles. The Labute approximate surface area is 137 Å². The van der Waals surface area contributed by atoms with E-state index in [0.717, 1.165) is 25.4 Å². The van der Waals surface area contributed by atoms with Crippen molar-refractivity contribution in [2.45, 2.75) is 37.8 Å². The van der Waals surface area contributed by atoms with Gasteiger partial charge in [-0.25, -0.2) is 0 Å². The lowest BCUT2D eigenvalue weighted by atomic mass is 9.89. The van der Waals surface area contributed by atoms with Crippen LogP contribution in [-0.2, 0) is 14.3 Å². The Bertz CT molecular complexity index is 513. The molecule has 1 N–H and O–H groups in total. The molecule has 4 aliphatic rings. The fraction of sp³-hybridized carbons (Fsp3) is 0.882. The molecule has 2 saturated heterocycles. The summed E-state index contributed by atoms with van der Waals surface area (Å²) in [4.78, 5) is 28.7. The molecule has 0 radical (unpaired) electrons. The molecule has 1 spiro atoms. The molecule has 0 aromatic heterocycles. The highest BCUT2D eigenvalue weighted by Crippen LogP contribution is 2.42. The molecule has 128 valence electrons. The molecular weight excluding hydrogens is 294 g/mol. The van der Waals surface area contributed by atoms with Crippen LogP contribution in [-0.4, -0.2) is 73.1 Å². The average molecular weight is 321 g/mol. The first-order valence-corrected chi connectivity index (χ1v) is 8.90. The number of hydrogen-bond donors (Lipinski definition) is 1. The summed E-state index contributed by atoms with van der Waals surface area (Å²) in [6.45, 7) is 5.71. The van der Waals surface area contributed by atoms with Gasteiger partial charge in [-0.2, -0.15) is 0 Å². The highest BCUT2D eigenvalue weighted by molar-refractivity contribution is 5.83. The Morgan fingerprint density at radius 3 is 2.52 bits per heavy atom. The van der Waals surface area contributed by atoms with Crippen LogP contribution in [0.2, 0.25) is 0 Å². The molecule has 6 heteroatoms. The molecule has 3 atom stereocenters. The second-order valence-corrected chi connectivity index (χ2v) is 8.01. The third kappa shape index (κ3) is 2.87. The van der Waals surface area contributed by atoms with Crippen LogP contribution in [0.25, 0.3) is 0 Å². The van der Waals surface area contributed by atoms with Crippen LogP contribution >= 0.6 is 0 Å². The van der Waals surface area contributed by atoms with Crippen LogP contribution in [0.15, 0.2) is 0 Å². The number of amides is 2. The van der Waals surface area contributed by atoms with Crippen LogP contribution in [0.5, 0.6) is 0 Å². The van der Waals surface area contributed by atoms with Gasteiger partial charge in [0, 0.05) is 26.1 Å². The van der Waals surface area contributed by atoms with E-state index >= 15 is 0 Å². The first-order valence-electron chi connectivity index (χ1n) is 8.90. The summed E-state index contributed by atoms with van der Waals surface area (Å²) in [5, 5.41) is 2.75. The minimum Gasteiger partial charge on any atom is -0.368 e. The number of likely N-dealkylation sites (tertiary alicyclic amines) is 1. The standard InChI is InChI=1S/C17H27N3O3/c1-11-5-13(11)16(22)20-9-17(10-20)8-19(6-12-3-4-12)14(7-23-17)15(21)18-2/h11-14H,3-10H2,1-2H3,(H,18,21)/t11-,13-,14+/m1/s1. The number of likely N-dealkylation sites (N-methyl/N-ethyl adjacent to an activating group) is 1. The average Bonchev–Trinajstić information content (AvgIpc) is 3.42. The molecule has 4 rings (SSSR count). The smallest absolute Gasteiger partial charge is 0.239 e. The highest BCUT2D eigenvalue weighted by atomic mass is 16.5. The Morgan fingerprint density at radius 1 is 1.26 bits per heavy atom. The molecule has 23 heavy (non-hydrogen) atoms. The van der Waals surface area contributed by atoms with E-state index in [1.165, 1.54) is 12.8 Å². The van der Waals surface area contributed by atoms with E-state index in [-0.39, 0.29) is 23.5 Å². The first-order chi connectivity index (χ1) is 11.0. The van der Waals surface area contributed by atoms with Gasteiger partial charge in [-0.15, -0.1) is 0 Å². The van der Waals surface area contributed by atoms with Crippen molar-refractivity contribution in [2.75, 3.05) is 39.8 Å². The number of nitrogens with one attached hydrogen (secondary N) is 1. The fourth-order valence-corrected chi connectivity index (χ4v) is 4.02. The Hall–Kier alpha value is -1.14. The van der Waals surface area contributed by atoms with E-state index in [0.29, 0.717) is 31.5 Å². The summed E-state index contributed by atoms with van der Waals surface area (Å²) in [6, 6.07) is -0.181. The van der Waals surface area contributed by atoms with Crippen molar-refractivity contribution >= 4 is 11.8 Å². The van der Waals surface area contributed by atoms with Crippen molar-refractivity contribution in [3.8, 4) is 0 Å². The lowest BCUT2D eigenvalue weighted by molar-refractivity contribution is -0.205. The second-order valence-electron chi connectivity index (χ2n) is 8.01. The molecular formula is C17H27N3O3. The monoisotopic (exact) mass is 321 g/mol. The maximum atomic E-state index is 12.3. The van der Waals surface area contributed by atoms with E-state index in [4.69, 9.17) is 4.74 Å². The zero-order valence-corrected chi connectivity index (χ0v) is 14.1. The van der Waals surface area contributed by atoms with Gasteiger partial charge in [0.25, 0.3) is 0 Å². The van der Waals surface area contributed by atoms with Gasteiger partial charge in [0.15, 0.2) is 0 Å². The first kappa shape index (κ1) is 15.4. The Morgan fingerprint density at radius 2 is 1.96 bits per heavy atom. The second kappa shape index (κ2) is 5.45. The van der Waals surface area contributed by atoms with E-state index in [1.807, 2.05) is 4.90 Å². The summed E-state index contributed by atoms with van der Waals surface area (Å²) in [6.07, 6.45) is 3.58. The third-order valence-electron chi connectivity index (χ3n) is 5.91. The maximum Gasteiger partial charge on any atom is 0.239 e. The van der Waals surface area contributed by atoms with E-state index in [9.17, 15) is 9.59 Å². The SMILES string of the molecule is CNC(=O)[C@@H]1COC2(CN(C(=O)[C@@H]3C[C@H]3C)C2)CN1CC1CC1. The van der Waals surface area contributed by atoms with Crippen LogP contribution in [0, 0.1) is 17.8 Å². The number of carbonyl (C=O) groups excluding carboxylic acids is 2. The van der Waals surface area contributed by atoms with Crippen LogP contribution in [0.4, 0.5) is 0 Å². The molecule has 6 nitrogen and oxygen atoms in total. The summed E-state index contributed by atoms with van der Waals surface area (Å²) in [5.41, 5.74) is -0.243. The molecule has 4 fully saturated rings. The third-order valence-corrected chi connectivity index (χ3v) is 5.91. The topological polar surface area (TPSA) is 61.9 Å². The molecule has 2 amide bonds. The summed E-state index contributed by atoms with van der Waals surface area (Å²) >= 11 is 0. The zero-order chi connectivity index (χ0) is 16.2. The van der Waals surface area contributed by atoms with Crippen molar-refractivity contribution in [3.05, 3.63) is 0 Å². The zero-order valence-electron chi connectivity index (χ0n) is 14.1. The van der Waals surface area contributed by atoms with Gasteiger partial charge in [0.2, 0.25) is 11.8 Å². The molecule has 2 aliphatic heterocycles. The largest absolute Gasteiger partial charge is 0.368 e. The van der Waals surface area contributed by atoms with Crippen LogP contribution in [0.1, 0.15) is 26.2 Å². The minimum absolute atomic E-state index is 0.0413. The van der Waals surface area contributed by atoms with E-state index in [1.54, 1.807) is 7.05 Å². The Balaban J connectivity index is 1.37. The van der Waals surface area contributed by atoms with Crippen molar-refractivity contribution in [1.29, 1.82) is 0 Å². The number of rotatable bonds is 4. The molecule has 2 aliphatic carbocycles. The van der Waals surface area contributed by atoms with Gasteiger partial charge in [-0.05, 0) is 31.1 Å². The Kier molecular flexibility index (Phi) is 3.65. The van der Waals surface area contributed by atoms with Crippen LogP contribution < -0.4 is 5.32 Å². The van der Waals surface area contributed by atoms with E-state index in [2.05, 4.69) is 17.1 Å². The predicted molar refractivity (Wildman–Crippen MR) is 84.7 cm³/mol. The quantitative estimate of drug-likeness (QED) is 0.797. The predicted octanol–water partition coefficient (Wildman–Crippen LogP) is 0.0802. The minimum atomic E-state index is -0.243. The normalized spacial score (nSPS) is 35.7. The number of hydrogen-bond acceptors (Lipinski definition) is 4. The lowest BCUT2D eigenvalue weighted by Crippen LogP contribution is -2.74. The number of carbonyl (C=O) groups is 2. The van der Waals surface area contributed by atoms with Gasteiger partial charge in [-0.3, -0.25) is 14.5 Å². The number of nitrogens with zero attached hydrogens (tertiary/aromatic N) is 2. The van der Waals surface area contributed by atoms with Crippen molar-refractivity contribution in [2.24, 2.45) is 17.8 Å². The van der Waals surface area contributed by atoms with E-state index < -0.39 is 0 Å². The fourth-order valence-electron chi connectivity index (χ4n) is 4.02. The van der Waals surface area contributed by atoms with Gasteiger partial charge >= 0.3 is 0 Å². The maximum absolute atomic E-state index is 12.3. The molecule has 0 aromatic carbocycles. The summed E-state index contributed by atoms with van der Waals surface area (Å²) in [5.74, 6) is 1.88. The van der Waals surface area contributed by atoms with Crippen LogP contribution in [0.3, 0.4) is 0 Å². The number of ether oxygens (including phenoxy) is 1. The van der Waals surface area contributed by atoms with Crippen molar-refractivity contribution in [1.82, 2.24) is 15.1 Å². The van der Waals surface area contributed by atoms with Crippen molar-refractivity contribution in [3.63, 3.8) is 0 Å². The molecule has 0 bridgehead atoms. The molecule has 2 heterocycles. The molecule has 0 aromatic rings. The van der Waals surface area contributed by atoms with Crippen molar-refractivity contribution < 1.29 is 14.3 Å². The summed E-state index contributed by atoms with van der Waals surface area (Å²) < 4.78 is 6.08.